The van der Waals surface area contributed by atoms with E-state index in [2.05, 4.69) is 10.2 Å². The van der Waals surface area contributed by atoms with Gasteiger partial charge in [0.25, 0.3) is 11.1 Å². The Bertz CT molecular complexity index is 713. The van der Waals surface area contributed by atoms with Crippen LogP contribution in [0.25, 0.3) is 11.7 Å². The quantitative estimate of drug-likeness (QED) is 0.636. The zero-order valence-electron chi connectivity index (χ0n) is 10.0. The Labute approximate surface area is 129 Å². The number of nitrogens with zero attached hydrogens (tertiary/aromatic N) is 2. The van der Waals surface area contributed by atoms with E-state index in [1.165, 1.54) is 11.8 Å². The minimum Gasteiger partial charge on any atom is -0.459 e. The first-order valence-corrected chi connectivity index (χ1v) is 7.40. The van der Waals surface area contributed by atoms with Gasteiger partial charge in [-0.05, 0) is 29.8 Å². The van der Waals surface area contributed by atoms with Crippen molar-refractivity contribution in [2.75, 3.05) is 0 Å². The van der Waals surface area contributed by atoms with Crippen LogP contribution in [0.15, 0.2) is 50.7 Å². The maximum atomic E-state index is 6.10. The molecule has 2 aromatic heterocycles. The van der Waals surface area contributed by atoms with Crippen LogP contribution in [0.2, 0.25) is 10.0 Å². The minimum absolute atomic E-state index is 0.361. The van der Waals surface area contributed by atoms with Crippen molar-refractivity contribution in [1.29, 1.82) is 0 Å². The van der Waals surface area contributed by atoms with Gasteiger partial charge in [-0.2, -0.15) is 0 Å². The molecular weight excluding hydrogens is 319 g/mol. The molecule has 0 saturated carbocycles. The summed E-state index contributed by atoms with van der Waals surface area (Å²) in [6.45, 7) is 0. The normalized spacial score (nSPS) is 10.9. The van der Waals surface area contributed by atoms with Crippen LogP contribution in [0.4, 0.5) is 0 Å². The SMILES string of the molecule is Clc1ccc(CSc2nnc(-c3ccco3)o2)c(Cl)c1. The van der Waals surface area contributed by atoms with Crippen molar-refractivity contribution in [1.82, 2.24) is 10.2 Å². The number of aromatic nitrogens is 2. The highest BCUT2D eigenvalue weighted by Crippen LogP contribution is 2.29. The molecule has 2 heterocycles. The smallest absolute Gasteiger partial charge is 0.284 e. The number of rotatable bonds is 4. The maximum absolute atomic E-state index is 6.10. The molecule has 0 aliphatic carbocycles. The van der Waals surface area contributed by atoms with E-state index >= 15 is 0 Å². The molecule has 0 aliphatic heterocycles. The fraction of sp³-hybridized carbons (Fsp3) is 0.0769. The van der Waals surface area contributed by atoms with Gasteiger partial charge in [0.15, 0.2) is 5.76 Å². The molecule has 0 aliphatic rings. The van der Waals surface area contributed by atoms with E-state index in [-0.39, 0.29) is 0 Å². The Hall–Kier alpha value is -1.43. The van der Waals surface area contributed by atoms with Gasteiger partial charge in [-0.1, -0.05) is 41.0 Å². The minimum atomic E-state index is 0.361. The standard InChI is InChI=1S/C13H8Cl2N2O2S/c14-9-4-3-8(10(15)6-9)7-20-13-17-16-12(19-13)11-2-1-5-18-11/h1-6H,7H2. The van der Waals surface area contributed by atoms with Crippen molar-refractivity contribution in [2.24, 2.45) is 0 Å². The Morgan fingerprint density at radius 3 is 2.80 bits per heavy atom. The van der Waals surface area contributed by atoms with Gasteiger partial charge in [-0.15, -0.1) is 10.2 Å². The highest BCUT2D eigenvalue weighted by atomic mass is 35.5. The Morgan fingerprint density at radius 2 is 2.05 bits per heavy atom. The number of benzene rings is 1. The van der Waals surface area contributed by atoms with Crippen LogP contribution in [-0.2, 0) is 5.75 Å². The molecule has 7 heteroatoms. The zero-order chi connectivity index (χ0) is 13.9. The second-order valence-electron chi connectivity index (χ2n) is 3.87. The van der Waals surface area contributed by atoms with Gasteiger partial charge >= 0.3 is 0 Å². The molecule has 3 aromatic rings. The van der Waals surface area contributed by atoms with E-state index in [1.807, 2.05) is 6.07 Å². The van der Waals surface area contributed by atoms with Gasteiger partial charge in [-0.3, -0.25) is 0 Å². The summed E-state index contributed by atoms with van der Waals surface area (Å²) in [7, 11) is 0. The van der Waals surface area contributed by atoms with E-state index in [0.717, 1.165) is 5.56 Å². The monoisotopic (exact) mass is 326 g/mol. The fourth-order valence-corrected chi connectivity index (χ4v) is 2.87. The lowest BCUT2D eigenvalue weighted by molar-refractivity contribution is 0.447. The molecule has 1 aromatic carbocycles. The third-order valence-corrected chi connectivity index (χ3v) is 3.96. The van der Waals surface area contributed by atoms with Gasteiger partial charge in [0, 0.05) is 15.8 Å². The molecule has 0 unspecified atom stereocenters. The van der Waals surface area contributed by atoms with Crippen molar-refractivity contribution in [2.45, 2.75) is 11.0 Å². The van der Waals surface area contributed by atoms with Gasteiger partial charge in [0.05, 0.1) is 6.26 Å². The number of hydrogen-bond acceptors (Lipinski definition) is 5. The fourth-order valence-electron chi connectivity index (χ4n) is 1.55. The number of furan rings is 1. The molecule has 0 fully saturated rings. The van der Waals surface area contributed by atoms with Crippen molar-refractivity contribution in [3.05, 3.63) is 52.2 Å². The molecule has 20 heavy (non-hydrogen) atoms. The van der Waals surface area contributed by atoms with Crippen LogP contribution in [0.5, 0.6) is 0 Å². The molecule has 0 amide bonds. The lowest BCUT2D eigenvalue weighted by Crippen LogP contribution is -1.82. The highest BCUT2D eigenvalue weighted by Gasteiger charge is 2.12. The first-order chi connectivity index (χ1) is 9.72. The second kappa shape index (κ2) is 5.91. The summed E-state index contributed by atoms with van der Waals surface area (Å²) in [5.41, 5.74) is 0.957. The summed E-state index contributed by atoms with van der Waals surface area (Å²) < 4.78 is 10.7. The summed E-state index contributed by atoms with van der Waals surface area (Å²) in [5.74, 6) is 1.53. The summed E-state index contributed by atoms with van der Waals surface area (Å²) in [4.78, 5) is 0. The zero-order valence-corrected chi connectivity index (χ0v) is 12.4. The number of halogens is 2. The van der Waals surface area contributed by atoms with E-state index in [4.69, 9.17) is 32.0 Å². The lowest BCUT2D eigenvalue weighted by atomic mass is 10.2. The van der Waals surface area contributed by atoms with Gasteiger partial charge in [-0.25, -0.2) is 0 Å². The van der Waals surface area contributed by atoms with Crippen molar-refractivity contribution >= 4 is 35.0 Å². The molecule has 0 N–H and O–H groups in total. The first-order valence-electron chi connectivity index (χ1n) is 5.66. The van der Waals surface area contributed by atoms with Crippen molar-refractivity contribution in [3.8, 4) is 11.7 Å². The number of thioether (sulfide) groups is 1. The van der Waals surface area contributed by atoms with Gasteiger partial charge < -0.3 is 8.83 Å². The summed E-state index contributed by atoms with van der Waals surface area (Å²) in [5, 5.41) is 9.57. The Morgan fingerprint density at radius 1 is 1.15 bits per heavy atom. The van der Waals surface area contributed by atoms with Crippen LogP contribution in [0.1, 0.15) is 5.56 Å². The van der Waals surface area contributed by atoms with E-state index in [0.29, 0.717) is 32.7 Å². The van der Waals surface area contributed by atoms with E-state index in [1.54, 1.807) is 30.5 Å². The molecule has 0 atom stereocenters. The van der Waals surface area contributed by atoms with Crippen LogP contribution < -0.4 is 0 Å². The van der Waals surface area contributed by atoms with Crippen LogP contribution in [0, 0.1) is 0 Å². The van der Waals surface area contributed by atoms with Crippen LogP contribution >= 0.6 is 35.0 Å². The molecule has 0 bridgehead atoms. The van der Waals surface area contributed by atoms with E-state index < -0.39 is 0 Å². The van der Waals surface area contributed by atoms with Crippen molar-refractivity contribution in [3.63, 3.8) is 0 Å². The molecule has 3 rings (SSSR count). The predicted molar refractivity (Wildman–Crippen MR) is 78.0 cm³/mol. The maximum Gasteiger partial charge on any atom is 0.284 e. The molecule has 0 radical (unpaired) electrons. The van der Waals surface area contributed by atoms with E-state index in [9.17, 15) is 0 Å². The van der Waals surface area contributed by atoms with Crippen molar-refractivity contribution < 1.29 is 8.83 Å². The van der Waals surface area contributed by atoms with Gasteiger partial charge in [0.1, 0.15) is 0 Å². The average Bonchev–Trinajstić information content (AvgIpc) is 3.08. The van der Waals surface area contributed by atoms with Gasteiger partial charge in [0.2, 0.25) is 0 Å². The van der Waals surface area contributed by atoms with Crippen LogP contribution in [-0.4, -0.2) is 10.2 Å². The Kier molecular flexibility index (Phi) is 4.00. The molecule has 102 valence electrons. The average molecular weight is 327 g/mol. The summed E-state index contributed by atoms with van der Waals surface area (Å²) in [6.07, 6.45) is 1.56. The predicted octanol–water partition coefficient (Wildman–Crippen LogP) is 4.93. The molecule has 4 nitrogen and oxygen atoms in total. The topological polar surface area (TPSA) is 52.1 Å². The molecular formula is C13H8Cl2N2O2S. The molecule has 0 spiro atoms. The first kappa shape index (κ1) is 13.5. The lowest BCUT2D eigenvalue weighted by Gasteiger charge is -2.01. The summed E-state index contributed by atoms with van der Waals surface area (Å²) >= 11 is 13.4. The Balaban J connectivity index is 1.70. The number of hydrogen-bond donors (Lipinski definition) is 0. The molecule has 0 saturated heterocycles. The largest absolute Gasteiger partial charge is 0.459 e. The third kappa shape index (κ3) is 3.00. The third-order valence-electron chi connectivity index (χ3n) is 2.50. The summed E-state index contributed by atoms with van der Waals surface area (Å²) in [6, 6.07) is 8.91. The highest BCUT2D eigenvalue weighted by molar-refractivity contribution is 7.98. The van der Waals surface area contributed by atoms with Crippen LogP contribution in [0.3, 0.4) is 0 Å². The second-order valence-corrected chi connectivity index (χ2v) is 5.65.